The number of benzene rings is 1. The molecule has 0 aromatic heterocycles. The molecule has 1 saturated heterocycles. The zero-order valence-corrected chi connectivity index (χ0v) is 11.4. The van der Waals surface area contributed by atoms with Gasteiger partial charge in [0.2, 0.25) is 0 Å². The highest BCUT2D eigenvalue weighted by Gasteiger charge is 2.32. The van der Waals surface area contributed by atoms with E-state index >= 15 is 0 Å². The van der Waals surface area contributed by atoms with Crippen LogP contribution in [0.5, 0.6) is 5.75 Å². The number of nitrogens with zero attached hydrogens (tertiary/aromatic N) is 1. The van der Waals surface area contributed by atoms with Gasteiger partial charge in [-0.1, -0.05) is 6.07 Å². The van der Waals surface area contributed by atoms with Crippen LogP contribution in [0.25, 0.3) is 0 Å². The molecule has 0 bridgehead atoms. The number of hydrogen-bond donors (Lipinski definition) is 0. The fourth-order valence-corrected chi connectivity index (χ4v) is 2.23. The predicted octanol–water partition coefficient (Wildman–Crippen LogP) is 2.09. The van der Waals surface area contributed by atoms with Crippen LogP contribution in [0.2, 0.25) is 0 Å². The number of carbonyl (C=O) groups is 1. The summed E-state index contributed by atoms with van der Waals surface area (Å²) >= 11 is 0. The fraction of sp³-hybridized carbons (Fsp3) is 0.500. The van der Waals surface area contributed by atoms with Crippen LogP contribution < -0.4 is 4.74 Å². The van der Waals surface area contributed by atoms with Crippen LogP contribution in [0.3, 0.4) is 0 Å². The first-order chi connectivity index (χ1) is 8.94. The smallest absolute Gasteiger partial charge is 0.260 e. The van der Waals surface area contributed by atoms with E-state index in [-0.39, 0.29) is 17.2 Å². The second-order valence-corrected chi connectivity index (χ2v) is 5.15. The second kappa shape index (κ2) is 5.17. The van der Waals surface area contributed by atoms with E-state index in [1.54, 1.807) is 11.0 Å². The molecule has 1 aliphatic rings. The quantitative estimate of drug-likeness (QED) is 0.823. The molecular formula is C14H18FNO3. The maximum Gasteiger partial charge on any atom is 0.260 e. The third kappa shape index (κ3) is 2.87. The lowest BCUT2D eigenvalue weighted by molar-refractivity contribution is -0.0765. The minimum atomic E-state index is -0.561. The van der Waals surface area contributed by atoms with Gasteiger partial charge in [0, 0.05) is 13.1 Å². The maximum absolute atomic E-state index is 13.9. The highest BCUT2D eigenvalue weighted by molar-refractivity contribution is 5.97. The Morgan fingerprint density at radius 1 is 1.47 bits per heavy atom. The molecule has 2 rings (SSSR count). The third-order valence-corrected chi connectivity index (χ3v) is 3.12. The van der Waals surface area contributed by atoms with E-state index in [1.807, 2.05) is 13.8 Å². The third-order valence-electron chi connectivity index (χ3n) is 3.12. The van der Waals surface area contributed by atoms with Gasteiger partial charge in [0.15, 0.2) is 0 Å². The van der Waals surface area contributed by atoms with Gasteiger partial charge in [0.25, 0.3) is 5.91 Å². The van der Waals surface area contributed by atoms with Crippen molar-refractivity contribution in [3.05, 3.63) is 29.6 Å². The van der Waals surface area contributed by atoms with Gasteiger partial charge < -0.3 is 14.4 Å². The summed E-state index contributed by atoms with van der Waals surface area (Å²) in [5.74, 6) is -0.658. The van der Waals surface area contributed by atoms with Crippen LogP contribution in [0, 0.1) is 5.82 Å². The van der Waals surface area contributed by atoms with Crippen LogP contribution >= 0.6 is 0 Å². The largest absolute Gasteiger partial charge is 0.496 e. The molecule has 0 aliphatic carbocycles. The van der Waals surface area contributed by atoms with E-state index in [1.165, 1.54) is 19.2 Å². The number of methoxy groups -OCH3 is 1. The van der Waals surface area contributed by atoms with Gasteiger partial charge in [0.05, 0.1) is 19.3 Å². The van der Waals surface area contributed by atoms with E-state index < -0.39 is 11.4 Å². The van der Waals surface area contributed by atoms with Crippen molar-refractivity contribution in [2.75, 3.05) is 26.8 Å². The Morgan fingerprint density at radius 2 is 2.21 bits per heavy atom. The molecular weight excluding hydrogens is 249 g/mol. The van der Waals surface area contributed by atoms with Gasteiger partial charge in [-0.2, -0.15) is 0 Å². The average Bonchev–Trinajstić information content (AvgIpc) is 2.36. The Kier molecular flexibility index (Phi) is 3.75. The molecule has 19 heavy (non-hydrogen) atoms. The molecule has 0 spiro atoms. The zero-order chi connectivity index (χ0) is 14.0. The SMILES string of the molecule is COc1cccc(F)c1C(=O)N1CCOC(C)(C)C1. The standard InChI is InChI=1S/C14H18FNO3/c1-14(2)9-16(7-8-19-14)13(17)12-10(15)5-4-6-11(12)18-3/h4-6H,7-9H2,1-3H3. The Bertz CT molecular complexity index is 488. The minimum absolute atomic E-state index is 0.0114. The molecule has 1 aromatic carbocycles. The summed E-state index contributed by atoms with van der Waals surface area (Å²) in [4.78, 5) is 14.0. The molecule has 1 amide bonds. The molecule has 1 heterocycles. The molecule has 1 aromatic rings. The molecule has 0 radical (unpaired) electrons. The zero-order valence-electron chi connectivity index (χ0n) is 11.4. The Hall–Kier alpha value is -1.62. The number of ether oxygens (including phenoxy) is 2. The first-order valence-corrected chi connectivity index (χ1v) is 6.20. The summed E-state index contributed by atoms with van der Waals surface area (Å²) in [5.41, 5.74) is -0.422. The van der Waals surface area contributed by atoms with Crippen LogP contribution in [0.1, 0.15) is 24.2 Å². The Balaban J connectivity index is 2.29. The molecule has 0 N–H and O–H groups in total. The van der Waals surface area contributed by atoms with Crippen molar-refractivity contribution >= 4 is 5.91 Å². The van der Waals surface area contributed by atoms with Crippen molar-refractivity contribution in [1.29, 1.82) is 0 Å². The van der Waals surface area contributed by atoms with Crippen molar-refractivity contribution in [3.8, 4) is 5.75 Å². The second-order valence-electron chi connectivity index (χ2n) is 5.15. The number of amides is 1. The van der Waals surface area contributed by atoms with E-state index in [4.69, 9.17) is 9.47 Å². The number of hydrogen-bond acceptors (Lipinski definition) is 3. The minimum Gasteiger partial charge on any atom is -0.496 e. The summed E-state index contributed by atoms with van der Waals surface area (Å²) in [7, 11) is 1.43. The summed E-state index contributed by atoms with van der Waals surface area (Å²) in [5, 5.41) is 0. The molecule has 1 fully saturated rings. The average molecular weight is 267 g/mol. The van der Waals surface area contributed by atoms with Crippen LogP contribution in [-0.4, -0.2) is 43.2 Å². The monoisotopic (exact) mass is 267 g/mol. The van der Waals surface area contributed by atoms with Crippen LogP contribution in [0.4, 0.5) is 4.39 Å². The summed E-state index contributed by atoms with van der Waals surface area (Å²) in [6.45, 7) is 5.16. The maximum atomic E-state index is 13.9. The highest BCUT2D eigenvalue weighted by Crippen LogP contribution is 2.25. The molecule has 5 heteroatoms. The highest BCUT2D eigenvalue weighted by atomic mass is 19.1. The van der Waals surface area contributed by atoms with Crippen molar-refractivity contribution < 1.29 is 18.7 Å². The molecule has 104 valence electrons. The van der Waals surface area contributed by atoms with Gasteiger partial charge in [-0.15, -0.1) is 0 Å². The topological polar surface area (TPSA) is 38.8 Å². The molecule has 0 unspecified atom stereocenters. The Morgan fingerprint density at radius 3 is 2.84 bits per heavy atom. The van der Waals surface area contributed by atoms with Crippen molar-refractivity contribution in [1.82, 2.24) is 4.90 Å². The van der Waals surface area contributed by atoms with Gasteiger partial charge in [0.1, 0.15) is 17.1 Å². The van der Waals surface area contributed by atoms with E-state index in [0.717, 1.165) is 0 Å². The van der Waals surface area contributed by atoms with E-state index in [9.17, 15) is 9.18 Å². The Labute approximate surface area is 112 Å². The first kappa shape index (κ1) is 13.8. The molecule has 1 aliphatic heterocycles. The first-order valence-electron chi connectivity index (χ1n) is 6.20. The number of morpholine rings is 1. The molecule has 4 nitrogen and oxygen atoms in total. The van der Waals surface area contributed by atoms with Gasteiger partial charge in [-0.25, -0.2) is 4.39 Å². The summed E-state index contributed by atoms with van der Waals surface area (Å²) in [6, 6.07) is 4.37. The van der Waals surface area contributed by atoms with Gasteiger partial charge in [-0.05, 0) is 26.0 Å². The molecule has 0 atom stereocenters. The lowest BCUT2D eigenvalue weighted by atomic mass is 10.1. The number of rotatable bonds is 2. The number of carbonyl (C=O) groups excluding carboxylic acids is 1. The fourth-order valence-electron chi connectivity index (χ4n) is 2.23. The number of halogens is 1. The summed E-state index contributed by atoms with van der Waals surface area (Å²) < 4.78 is 24.5. The van der Waals surface area contributed by atoms with Gasteiger partial charge in [-0.3, -0.25) is 4.79 Å². The lowest BCUT2D eigenvalue weighted by Crippen LogP contribution is -2.50. The van der Waals surface area contributed by atoms with Crippen LogP contribution in [0.15, 0.2) is 18.2 Å². The van der Waals surface area contributed by atoms with Crippen molar-refractivity contribution in [3.63, 3.8) is 0 Å². The lowest BCUT2D eigenvalue weighted by Gasteiger charge is -2.38. The van der Waals surface area contributed by atoms with Crippen molar-refractivity contribution in [2.45, 2.75) is 19.4 Å². The summed E-state index contributed by atoms with van der Waals surface area (Å²) in [6.07, 6.45) is 0. The molecule has 0 saturated carbocycles. The van der Waals surface area contributed by atoms with Crippen molar-refractivity contribution in [2.24, 2.45) is 0 Å². The van der Waals surface area contributed by atoms with E-state index in [2.05, 4.69) is 0 Å². The van der Waals surface area contributed by atoms with E-state index in [0.29, 0.717) is 19.7 Å². The predicted molar refractivity (Wildman–Crippen MR) is 68.9 cm³/mol. The van der Waals surface area contributed by atoms with Crippen LogP contribution in [-0.2, 0) is 4.74 Å². The van der Waals surface area contributed by atoms with Gasteiger partial charge >= 0.3 is 0 Å². The normalized spacial score (nSPS) is 18.2.